The van der Waals surface area contributed by atoms with Gasteiger partial charge in [0.15, 0.2) is 0 Å². The van der Waals surface area contributed by atoms with Crippen LogP contribution in [0.25, 0.3) is 0 Å². The van der Waals surface area contributed by atoms with E-state index in [1.807, 2.05) is 18.2 Å². The molecule has 3 N–H and O–H groups in total. The van der Waals surface area contributed by atoms with Crippen molar-refractivity contribution in [3.8, 4) is 5.75 Å². The van der Waals surface area contributed by atoms with Gasteiger partial charge in [0.05, 0.1) is 7.11 Å². The van der Waals surface area contributed by atoms with Crippen LogP contribution in [0.5, 0.6) is 5.75 Å². The molecule has 5 heteroatoms. The predicted octanol–water partition coefficient (Wildman–Crippen LogP) is 1.90. The lowest BCUT2D eigenvalue weighted by Gasteiger charge is -2.16. The van der Waals surface area contributed by atoms with Gasteiger partial charge < -0.3 is 20.5 Å². The van der Waals surface area contributed by atoms with Crippen LogP contribution >= 0.6 is 0 Å². The maximum atomic E-state index is 10.9. The third-order valence-corrected chi connectivity index (χ3v) is 3.01. The Labute approximate surface area is 114 Å². The Hall–Kier alpha value is -1.75. The smallest absolute Gasteiger partial charge is 0.322 e. The summed E-state index contributed by atoms with van der Waals surface area (Å²) in [5.74, 6) is 0.327. The van der Waals surface area contributed by atoms with Crippen LogP contribution in [-0.4, -0.2) is 37.8 Å². The Kier molecular flexibility index (Phi) is 5.63. The Bertz CT molecular complexity index is 433. The molecule has 0 aromatic heterocycles. The fourth-order valence-electron chi connectivity index (χ4n) is 1.83. The van der Waals surface area contributed by atoms with E-state index < -0.39 is 12.0 Å². The van der Waals surface area contributed by atoms with Crippen molar-refractivity contribution in [1.29, 1.82) is 0 Å². The van der Waals surface area contributed by atoms with Crippen LogP contribution in [-0.2, 0) is 4.79 Å². The Balaban J connectivity index is 2.79. The van der Waals surface area contributed by atoms with Crippen LogP contribution in [0.4, 0.5) is 5.69 Å². The Morgan fingerprint density at radius 3 is 2.58 bits per heavy atom. The number of carboxylic acids is 1. The normalized spacial score (nSPS) is 12.3. The molecule has 19 heavy (non-hydrogen) atoms. The van der Waals surface area contributed by atoms with Crippen molar-refractivity contribution < 1.29 is 14.6 Å². The van der Waals surface area contributed by atoms with E-state index in [4.69, 9.17) is 9.84 Å². The summed E-state index contributed by atoms with van der Waals surface area (Å²) in [6.07, 6.45) is 0. The average molecular weight is 266 g/mol. The molecule has 0 bridgehead atoms. The number of benzene rings is 1. The van der Waals surface area contributed by atoms with Crippen LogP contribution in [0.2, 0.25) is 0 Å². The Morgan fingerprint density at radius 2 is 2.11 bits per heavy atom. The molecule has 5 nitrogen and oxygen atoms in total. The number of nitrogens with one attached hydrogen (secondary N) is 2. The highest BCUT2D eigenvalue weighted by molar-refractivity contribution is 5.74. The topological polar surface area (TPSA) is 70.6 Å². The second kappa shape index (κ2) is 6.99. The van der Waals surface area contributed by atoms with E-state index in [2.05, 4.69) is 24.5 Å². The molecular formula is C14H22N2O3. The number of hydrogen-bond donors (Lipinski definition) is 3. The fraction of sp³-hybridized carbons (Fsp3) is 0.500. The molecule has 1 unspecified atom stereocenters. The molecule has 0 aliphatic heterocycles. The molecular weight excluding hydrogens is 244 g/mol. The summed E-state index contributed by atoms with van der Waals surface area (Å²) in [6.45, 7) is 4.51. The zero-order valence-electron chi connectivity index (χ0n) is 11.9. The maximum Gasteiger partial charge on any atom is 0.322 e. The molecule has 1 aromatic rings. The first kappa shape index (κ1) is 15.3. The minimum absolute atomic E-state index is 0.329. The summed E-state index contributed by atoms with van der Waals surface area (Å²) in [7, 11) is 3.28. The van der Waals surface area contributed by atoms with Crippen LogP contribution in [0.3, 0.4) is 0 Å². The van der Waals surface area contributed by atoms with Gasteiger partial charge >= 0.3 is 5.97 Å². The first-order valence-electron chi connectivity index (χ1n) is 6.31. The van der Waals surface area contributed by atoms with Crippen molar-refractivity contribution in [3.63, 3.8) is 0 Å². The van der Waals surface area contributed by atoms with E-state index in [-0.39, 0.29) is 0 Å². The number of carboxylic acid groups (broad SMARTS) is 1. The van der Waals surface area contributed by atoms with E-state index in [9.17, 15) is 4.79 Å². The molecule has 106 valence electrons. The lowest BCUT2D eigenvalue weighted by molar-refractivity contribution is -0.138. The van der Waals surface area contributed by atoms with Crippen molar-refractivity contribution in [2.75, 3.05) is 26.0 Å². The summed E-state index contributed by atoms with van der Waals surface area (Å²) in [5.41, 5.74) is 2.00. The maximum absolute atomic E-state index is 10.9. The molecule has 0 saturated heterocycles. The average Bonchev–Trinajstić information content (AvgIpc) is 2.38. The Morgan fingerprint density at radius 1 is 1.42 bits per heavy atom. The van der Waals surface area contributed by atoms with Gasteiger partial charge in [-0.15, -0.1) is 0 Å². The fourth-order valence-corrected chi connectivity index (χ4v) is 1.83. The van der Waals surface area contributed by atoms with Gasteiger partial charge in [0.25, 0.3) is 0 Å². The van der Waals surface area contributed by atoms with E-state index in [0.29, 0.717) is 12.5 Å². The summed E-state index contributed by atoms with van der Waals surface area (Å²) >= 11 is 0. The van der Waals surface area contributed by atoms with Gasteiger partial charge in [-0.3, -0.25) is 4.79 Å². The van der Waals surface area contributed by atoms with E-state index in [1.165, 1.54) is 0 Å². The highest BCUT2D eigenvalue weighted by Crippen LogP contribution is 2.29. The van der Waals surface area contributed by atoms with Crippen molar-refractivity contribution in [1.82, 2.24) is 5.32 Å². The molecule has 0 fully saturated rings. The van der Waals surface area contributed by atoms with Crippen molar-refractivity contribution in [2.24, 2.45) is 0 Å². The molecule has 0 spiro atoms. The van der Waals surface area contributed by atoms with Gasteiger partial charge in [0, 0.05) is 12.2 Å². The van der Waals surface area contributed by atoms with Gasteiger partial charge in [0.2, 0.25) is 0 Å². The summed E-state index contributed by atoms with van der Waals surface area (Å²) in [5, 5.41) is 14.8. The number of ether oxygens (including phenoxy) is 1. The highest BCUT2D eigenvalue weighted by atomic mass is 16.5. The molecule has 0 radical (unpaired) electrons. The third kappa shape index (κ3) is 4.13. The van der Waals surface area contributed by atoms with Gasteiger partial charge in [-0.25, -0.2) is 0 Å². The number of anilines is 1. The molecule has 0 saturated carbocycles. The van der Waals surface area contributed by atoms with Crippen molar-refractivity contribution >= 4 is 11.7 Å². The first-order valence-corrected chi connectivity index (χ1v) is 6.31. The number of carbonyl (C=O) groups is 1. The highest BCUT2D eigenvalue weighted by Gasteiger charge is 2.14. The first-order chi connectivity index (χ1) is 8.99. The van der Waals surface area contributed by atoms with Gasteiger partial charge in [-0.2, -0.15) is 0 Å². The summed E-state index contributed by atoms with van der Waals surface area (Å²) in [4.78, 5) is 10.9. The van der Waals surface area contributed by atoms with Crippen molar-refractivity contribution in [2.45, 2.75) is 25.8 Å². The monoisotopic (exact) mass is 266 g/mol. The third-order valence-electron chi connectivity index (χ3n) is 3.01. The van der Waals surface area contributed by atoms with E-state index >= 15 is 0 Å². The second-order valence-corrected chi connectivity index (χ2v) is 4.67. The summed E-state index contributed by atoms with van der Waals surface area (Å²) in [6, 6.07) is 5.18. The lowest BCUT2D eigenvalue weighted by atomic mass is 10.0. The zero-order valence-corrected chi connectivity index (χ0v) is 11.9. The minimum Gasteiger partial charge on any atom is -0.496 e. The summed E-state index contributed by atoms with van der Waals surface area (Å²) < 4.78 is 5.31. The standard InChI is InChI=1S/C14H22N2O3/c1-9(2)11-7-10(5-6-13(11)19-4)16-8-12(15-3)14(17)18/h5-7,9,12,15-16H,8H2,1-4H3,(H,17,18). The number of aliphatic carboxylic acids is 1. The molecule has 0 heterocycles. The quantitative estimate of drug-likeness (QED) is 0.703. The lowest BCUT2D eigenvalue weighted by Crippen LogP contribution is -2.39. The number of hydrogen-bond acceptors (Lipinski definition) is 4. The van der Waals surface area contributed by atoms with Gasteiger partial charge in [-0.1, -0.05) is 13.8 Å². The molecule has 1 rings (SSSR count). The number of methoxy groups -OCH3 is 1. The molecule has 1 aromatic carbocycles. The second-order valence-electron chi connectivity index (χ2n) is 4.67. The SMILES string of the molecule is CNC(CNc1ccc(OC)c(C(C)C)c1)C(=O)O. The van der Waals surface area contributed by atoms with E-state index in [1.54, 1.807) is 14.2 Å². The van der Waals surface area contributed by atoms with Gasteiger partial charge in [-0.05, 0) is 36.7 Å². The van der Waals surface area contributed by atoms with Crippen LogP contribution < -0.4 is 15.4 Å². The van der Waals surface area contributed by atoms with Crippen LogP contribution in [0, 0.1) is 0 Å². The van der Waals surface area contributed by atoms with Crippen LogP contribution in [0.15, 0.2) is 18.2 Å². The molecule has 0 amide bonds. The molecule has 0 aliphatic rings. The van der Waals surface area contributed by atoms with Crippen molar-refractivity contribution in [3.05, 3.63) is 23.8 Å². The number of rotatable bonds is 7. The van der Waals surface area contributed by atoms with Gasteiger partial charge in [0.1, 0.15) is 11.8 Å². The largest absolute Gasteiger partial charge is 0.496 e. The predicted molar refractivity (Wildman–Crippen MR) is 76.1 cm³/mol. The minimum atomic E-state index is -0.868. The molecule has 1 atom stereocenters. The van der Waals surface area contributed by atoms with Crippen LogP contribution in [0.1, 0.15) is 25.3 Å². The van der Waals surface area contributed by atoms with E-state index in [0.717, 1.165) is 17.0 Å². The zero-order chi connectivity index (χ0) is 14.4. The molecule has 0 aliphatic carbocycles. The number of likely N-dealkylation sites (N-methyl/N-ethyl adjacent to an activating group) is 1.